The van der Waals surface area contributed by atoms with E-state index in [1.807, 2.05) is 18.2 Å². The minimum Gasteiger partial charge on any atom is -0.465 e. The monoisotopic (exact) mass is 458 g/mol. The Morgan fingerprint density at radius 1 is 1.28 bits per heavy atom. The lowest BCUT2D eigenvalue weighted by atomic mass is 9.97. The van der Waals surface area contributed by atoms with E-state index in [4.69, 9.17) is 4.98 Å². The van der Waals surface area contributed by atoms with Crippen LogP contribution in [0.3, 0.4) is 0 Å². The fourth-order valence-corrected chi connectivity index (χ4v) is 5.20. The van der Waals surface area contributed by atoms with Gasteiger partial charge in [0.15, 0.2) is 5.82 Å². The second-order valence-electron chi connectivity index (χ2n) is 7.82. The fourth-order valence-electron chi connectivity index (χ4n) is 4.07. The number of carboxylic acid groups (broad SMARTS) is 1. The SMILES string of the molecule is O=C(O)N(CCCN1CCC(c2nc3ccccc3s2)CC1)c1ccc([N+](=O)[O-])cc1F. The predicted octanol–water partition coefficient (Wildman–Crippen LogP) is 5.10. The van der Waals surface area contributed by atoms with Crippen molar-refractivity contribution >= 4 is 39.0 Å². The minimum atomic E-state index is -1.28. The van der Waals surface area contributed by atoms with Crippen molar-refractivity contribution in [2.75, 3.05) is 31.1 Å². The van der Waals surface area contributed by atoms with Crippen molar-refractivity contribution in [1.82, 2.24) is 9.88 Å². The molecule has 0 atom stereocenters. The van der Waals surface area contributed by atoms with Crippen LogP contribution >= 0.6 is 11.3 Å². The number of nitro groups is 1. The van der Waals surface area contributed by atoms with Crippen molar-refractivity contribution in [1.29, 1.82) is 0 Å². The van der Waals surface area contributed by atoms with Gasteiger partial charge in [-0.15, -0.1) is 11.3 Å². The number of non-ortho nitro benzene ring substituents is 1. The molecule has 1 aromatic heterocycles. The summed E-state index contributed by atoms with van der Waals surface area (Å²) in [6.45, 7) is 2.62. The van der Waals surface area contributed by atoms with Gasteiger partial charge >= 0.3 is 6.09 Å². The number of anilines is 1. The van der Waals surface area contributed by atoms with Crippen LogP contribution in [-0.2, 0) is 0 Å². The Hall–Kier alpha value is -3.11. The zero-order valence-corrected chi connectivity index (χ0v) is 18.1. The van der Waals surface area contributed by atoms with E-state index in [1.54, 1.807) is 11.3 Å². The molecule has 10 heteroatoms. The Morgan fingerprint density at radius 3 is 2.69 bits per heavy atom. The van der Waals surface area contributed by atoms with E-state index in [9.17, 15) is 24.4 Å². The van der Waals surface area contributed by atoms with Gasteiger partial charge in [-0.05, 0) is 57.1 Å². The number of amides is 1. The van der Waals surface area contributed by atoms with Gasteiger partial charge in [-0.1, -0.05) is 12.1 Å². The van der Waals surface area contributed by atoms with E-state index in [1.165, 1.54) is 9.71 Å². The van der Waals surface area contributed by atoms with Gasteiger partial charge in [-0.25, -0.2) is 14.2 Å². The molecule has 2 heterocycles. The molecule has 1 saturated heterocycles. The first kappa shape index (κ1) is 22.1. The molecule has 0 unspecified atom stereocenters. The van der Waals surface area contributed by atoms with Crippen LogP contribution in [0.4, 0.5) is 20.6 Å². The number of para-hydroxylation sites is 1. The maximum absolute atomic E-state index is 14.3. The van der Waals surface area contributed by atoms with Gasteiger partial charge in [0.05, 0.1) is 31.9 Å². The molecule has 32 heavy (non-hydrogen) atoms. The van der Waals surface area contributed by atoms with Crippen LogP contribution in [0.5, 0.6) is 0 Å². The molecule has 0 radical (unpaired) electrons. The highest BCUT2D eigenvalue weighted by atomic mass is 32.1. The van der Waals surface area contributed by atoms with E-state index >= 15 is 0 Å². The smallest absolute Gasteiger partial charge is 0.411 e. The number of benzene rings is 2. The van der Waals surface area contributed by atoms with Crippen LogP contribution in [-0.4, -0.2) is 52.2 Å². The number of nitro benzene ring substituents is 1. The molecular weight excluding hydrogens is 435 g/mol. The van der Waals surface area contributed by atoms with Gasteiger partial charge in [0, 0.05) is 18.5 Å². The first-order chi connectivity index (χ1) is 15.4. The number of carbonyl (C=O) groups is 1. The second-order valence-corrected chi connectivity index (χ2v) is 8.88. The molecule has 1 aliphatic heterocycles. The van der Waals surface area contributed by atoms with Crippen molar-refractivity contribution in [2.45, 2.75) is 25.2 Å². The lowest BCUT2D eigenvalue weighted by Gasteiger charge is -2.31. The number of aromatic nitrogens is 1. The average Bonchev–Trinajstić information content (AvgIpc) is 3.21. The molecule has 1 N–H and O–H groups in total. The minimum absolute atomic E-state index is 0.113. The Kier molecular flexibility index (Phi) is 6.61. The van der Waals surface area contributed by atoms with E-state index in [0.717, 1.165) is 54.5 Å². The highest BCUT2D eigenvalue weighted by Crippen LogP contribution is 2.34. The second kappa shape index (κ2) is 9.58. The Labute approximate surface area is 188 Å². The third-order valence-electron chi connectivity index (χ3n) is 5.77. The van der Waals surface area contributed by atoms with Crippen LogP contribution in [0.2, 0.25) is 0 Å². The molecule has 0 aliphatic carbocycles. The van der Waals surface area contributed by atoms with Crippen LogP contribution in [0.25, 0.3) is 10.2 Å². The molecule has 3 aromatic rings. The zero-order chi connectivity index (χ0) is 22.7. The van der Waals surface area contributed by atoms with E-state index < -0.39 is 22.5 Å². The highest BCUT2D eigenvalue weighted by Gasteiger charge is 2.24. The normalized spacial score (nSPS) is 15.2. The number of nitrogens with zero attached hydrogens (tertiary/aromatic N) is 4. The number of fused-ring (bicyclic) bond motifs is 1. The van der Waals surface area contributed by atoms with Crippen LogP contribution in [0.15, 0.2) is 42.5 Å². The molecule has 1 amide bonds. The number of likely N-dealkylation sites (tertiary alicyclic amines) is 1. The number of hydrogen-bond acceptors (Lipinski definition) is 6. The van der Waals surface area contributed by atoms with E-state index in [-0.39, 0.29) is 12.2 Å². The quantitative estimate of drug-likeness (QED) is 0.391. The molecule has 8 nitrogen and oxygen atoms in total. The van der Waals surface area contributed by atoms with Gasteiger partial charge in [0.1, 0.15) is 0 Å². The summed E-state index contributed by atoms with van der Waals surface area (Å²) in [5.41, 5.74) is 0.465. The van der Waals surface area contributed by atoms with Crippen molar-refractivity contribution in [3.8, 4) is 0 Å². The van der Waals surface area contributed by atoms with Crippen molar-refractivity contribution in [3.63, 3.8) is 0 Å². The third-order valence-corrected chi connectivity index (χ3v) is 6.97. The average molecular weight is 459 g/mol. The molecule has 0 saturated carbocycles. The predicted molar refractivity (Wildman–Crippen MR) is 121 cm³/mol. The standard InChI is InChI=1S/C22H23FN4O4S/c23-17-14-16(27(30)31)6-7-19(17)26(22(28)29)11-3-10-25-12-8-15(9-13-25)21-24-18-4-1-2-5-20(18)32-21/h1-2,4-7,14-15H,3,8-13H2,(H,28,29). The van der Waals surface area contributed by atoms with Crippen molar-refractivity contribution in [3.05, 3.63) is 63.4 Å². The topological polar surface area (TPSA) is 99.8 Å². The molecule has 1 fully saturated rings. The summed E-state index contributed by atoms with van der Waals surface area (Å²) in [7, 11) is 0. The number of thiazole rings is 1. The fraction of sp³-hybridized carbons (Fsp3) is 0.364. The van der Waals surface area contributed by atoms with Crippen LogP contribution in [0, 0.1) is 15.9 Å². The van der Waals surface area contributed by atoms with Crippen LogP contribution in [0.1, 0.15) is 30.2 Å². The molecule has 0 spiro atoms. The van der Waals surface area contributed by atoms with E-state index in [2.05, 4.69) is 11.0 Å². The molecule has 4 rings (SSSR count). The van der Waals surface area contributed by atoms with Crippen molar-refractivity contribution in [2.24, 2.45) is 0 Å². The highest BCUT2D eigenvalue weighted by molar-refractivity contribution is 7.18. The Morgan fingerprint density at radius 2 is 2.03 bits per heavy atom. The third kappa shape index (κ3) is 4.86. The first-order valence-electron chi connectivity index (χ1n) is 10.4. The van der Waals surface area contributed by atoms with Crippen molar-refractivity contribution < 1.29 is 19.2 Å². The molecule has 0 bridgehead atoms. The number of halogens is 1. The molecular formula is C22H23FN4O4S. The largest absolute Gasteiger partial charge is 0.465 e. The summed E-state index contributed by atoms with van der Waals surface area (Å²) >= 11 is 1.75. The molecule has 2 aromatic carbocycles. The summed E-state index contributed by atoms with van der Waals surface area (Å²) in [6.07, 6.45) is 1.25. The van der Waals surface area contributed by atoms with Gasteiger partial charge in [0.2, 0.25) is 0 Å². The maximum atomic E-state index is 14.3. The van der Waals surface area contributed by atoms with E-state index in [0.29, 0.717) is 18.9 Å². The van der Waals surface area contributed by atoms with Gasteiger partial charge in [-0.2, -0.15) is 0 Å². The Balaban J connectivity index is 1.30. The lowest BCUT2D eigenvalue weighted by molar-refractivity contribution is -0.385. The zero-order valence-electron chi connectivity index (χ0n) is 17.3. The summed E-state index contributed by atoms with van der Waals surface area (Å²) in [4.78, 5) is 29.7. The number of hydrogen-bond donors (Lipinski definition) is 1. The van der Waals surface area contributed by atoms with Gasteiger partial charge < -0.3 is 10.0 Å². The summed E-state index contributed by atoms with van der Waals surface area (Å²) < 4.78 is 15.5. The number of rotatable bonds is 7. The molecule has 168 valence electrons. The molecule has 1 aliphatic rings. The first-order valence-corrected chi connectivity index (χ1v) is 11.3. The van der Waals surface area contributed by atoms with Gasteiger partial charge in [-0.3, -0.25) is 15.0 Å². The van der Waals surface area contributed by atoms with Crippen LogP contribution < -0.4 is 4.90 Å². The summed E-state index contributed by atoms with van der Waals surface area (Å²) in [6, 6.07) is 11.2. The maximum Gasteiger partial charge on any atom is 0.411 e. The lowest BCUT2D eigenvalue weighted by Crippen LogP contribution is -2.37. The summed E-state index contributed by atoms with van der Waals surface area (Å²) in [5.74, 6) is -0.480. The summed E-state index contributed by atoms with van der Waals surface area (Å²) in [5, 5.41) is 21.4. The van der Waals surface area contributed by atoms with Gasteiger partial charge in [0.25, 0.3) is 5.69 Å². The Bertz CT molecular complexity index is 1100. The number of piperidine rings is 1.